The summed E-state index contributed by atoms with van der Waals surface area (Å²) in [7, 11) is -3.21. The van der Waals surface area contributed by atoms with E-state index in [1.54, 1.807) is 0 Å². The molecule has 140 valence electrons. The molecule has 0 aliphatic carbocycles. The molecule has 1 aliphatic heterocycles. The molecule has 0 aromatic heterocycles. The number of benzene rings is 2. The summed E-state index contributed by atoms with van der Waals surface area (Å²) in [5, 5.41) is 3.45. The van der Waals surface area contributed by atoms with Crippen molar-refractivity contribution in [2.75, 3.05) is 12.8 Å². The Kier molecular flexibility index (Phi) is 5.96. The van der Waals surface area contributed by atoms with Crippen molar-refractivity contribution in [3.05, 3.63) is 65.2 Å². The van der Waals surface area contributed by atoms with E-state index in [1.807, 2.05) is 43.3 Å². The molecule has 0 amide bonds. The van der Waals surface area contributed by atoms with E-state index in [4.69, 9.17) is 4.74 Å². The van der Waals surface area contributed by atoms with Crippen LogP contribution in [0.15, 0.2) is 48.5 Å². The predicted octanol–water partition coefficient (Wildman–Crippen LogP) is 2.78. The number of nitrogens with one attached hydrogen (secondary N) is 2. The smallest absolute Gasteiger partial charge is 0.209 e. The summed E-state index contributed by atoms with van der Waals surface area (Å²) in [6.45, 7) is 3.41. The SMILES string of the molecule is C[C@@H](NS(C)(=O)=O)c1ccc(CNC[C@H]2CCc3ccccc3O2)cc1. The lowest BCUT2D eigenvalue weighted by atomic mass is 10.0. The molecule has 0 radical (unpaired) electrons. The fourth-order valence-corrected chi connectivity index (χ4v) is 3.99. The zero-order valence-corrected chi connectivity index (χ0v) is 16.1. The van der Waals surface area contributed by atoms with Gasteiger partial charge in [-0.2, -0.15) is 0 Å². The van der Waals surface area contributed by atoms with Crippen molar-refractivity contribution in [3.8, 4) is 5.75 Å². The van der Waals surface area contributed by atoms with Crippen molar-refractivity contribution in [2.45, 2.75) is 38.5 Å². The normalized spacial score (nSPS) is 18.0. The van der Waals surface area contributed by atoms with E-state index >= 15 is 0 Å². The molecule has 0 fully saturated rings. The van der Waals surface area contributed by atoms with Gasteiger partial charge in [0.05, 0.1) is 6.26 Å². The van der Waals surface area contributed by atoms with Gasteiger partial charge in [-0.15, -0.1) is 0 Å². The number of rotatable bonds is 7. The molecule has 0 saturated carbocycles. The molecule has 2 atom stereocenters. The molecule has 2 aromatic rings. The van der Waals surface area contributed by atoms with Crippen LogP contribution in [0, 0.1) is 0 Å². The Morgan fingerprint density at radius 3 is 2.62 bits per heavy atom. The van der Waals surface area contributed by atoms with E-state index in [1.165, 1.54) is 11.8 Å². The van der Waals surface area contributed by atoms with Crippen molar-refractivity contribution in [2.24, 2.45) is 0 Å². The van der Waals surface area contributed by atoms with Crippen LogP contribution in [-0.4, -0.2) is 27.3 Å². The Labute approximate surface area is 155 Å². The van der Waals surface area contributed by atoms with Crippen molar-refractivity contribution in [3.63, 3.8) is 0 Å². The third kappa shape index (κ3) is 5.30. The van der Waals surface area contributed by atoms with Crippen LogP contribution in [0.4, 0.5) is 0 Å². The first-order valence-electron chi connectivity index (χ1n) is 8.92. The minimum absolute atomic E-state index is 0.197. The van der Waals surface area contributed by atoms with Crippen LogP contribution < -0.4 is 14.8 Å². The Balaban J connectivity index is 1.47. The maximum absolute atomic E-state index is 11.3. The minimum atomic E-state index is -3.21. The zero-order chi connectivity index (χ0) is 18.6. The van der Waals surface area contributed by atoms with Gasteiger partial charge < -0.3 is 10.1 Å². The number of hydrogen-bond donors (Lipinski definition) is 2. The van der Waals surface area contributed by atoms with Crippen LogP contribution >= 0.6 is 0 Å². The topological polar surface area (TPSA) is 67.4 Å². The van der Waals surface area contributed by atoms with Gasteiger partial charge in [0, 0.05) is 19.1 Å². The van der Waals surface area contributed by atoms with E-state index in [9.17, 15) is 8.42 Å². The number of fused-ring (bicyclic) bond motifs is 1. The summed E-state index contributed by atoms with van der Waals surface area (Å²) in [4.78, 5) is 0. The highest BCUT2D eigenvalue weighted by Gasteiger charge is 2.18. The first kappa shape index (κ1) is 18.9. The van der Waals surface area contributed by atoms with Crippen LogP contribution in [-0.2, 0) is 23.0 Å². The molecule has 6 heteroatoms. The second-order valence-electron chi connectivity index (χ2n) is 6.87. The average molecular weight is 375 g/mol. The number of sulfonamides is 1. The Morgan fingerprint density at radius 2 is 1.88 bits per heavy atom. The van der Waals surface area contributed by atoms with Crippen LogP contribution in [0.2, 0.25) is 0 Å². The molecule has 0 unspecified atom stereocenters. The summed E-state index contributed by atoms with van der Waals surface area (Å²) in [6.07, 6.45) is 3.45. The average Bonchev–Trinajstić information content (AvgIpc) is 2.61. The Hall–Kier alpha value is -1.89. The van der Waals surface area contributed by atoms with Gasteiger partial charge in [0.25, 0.3) is 0 Å². The minimum Gasteiger partial charge on any atom is -0.489 e. The number of aryl methyl sites for hydroxylation is 1. The van der Waals surface area contributed by atoms with Gasteiger partial charge in [-0.05, 0) is 42.5 Å². The zero-order valence-electron chi connectivity index (χ0n) is 15.2. The highest BCUT2D eigenvalue weighted by Crippen LogP contribution is 2.26. The molecule has 0 saturated heterocycles. The lowest BCUT2D eigenvalue weighted by molar-refractivity contribution is 0.170. The second kappa shape index (κ2) is 8.20. The molecule has 26 heavy (non-hydrogen) atoms. The van der Waals surface area contributed by atoms with Crippen molar-refractivity contribution < 1.29 is 13.2 Å². The van der Waals surface area contributed by atoms with Gasteiger partial charge in [-0.3, -0.25) is 0 Å². The first-order valence-corrected chi connectivity index (χ1v) is 10.8. The second-order valence-corrected chi connectivity index (χ2v) is 8.65. The molecule has 3 rings (SSSR count). The predicted molar refractivity (Wildman–Crippen MR) is 104 cm³/mol. The van der Waals surface area contributed by atoms with Crippen molar-refractivity contribution >= 4 is 10.0 Å². The standard InChI is InChI=1S/C20H26N2O3S/c1-15(22-26(2,23)24)17-9-7-16(8-10-17)13-21-14-19-12-11-18-5-3-4-6-20(18)25-19/h3-10,15,19,21-22H,11-14H2,1-2H3/t15-,19-/m1/s1. The van der Waals surface area contributed by atoms with Crippen molar-refractivity contribution in [1.82, 2.24) is 10.0 Å². The van der Waals surface area contributed by atoms with Gasteiger partial charge in [0.15, 0.2) is 0 Å². The van der Waals surface area contributed by atoms with Crippen LogP contribution in [0.1, 0.15) is 36.1 Å². The maximum Gasteiger partial charge on any atom is 0.209 e. The fraction of sp³-hybridized carbons (Fsp3) is 0.400. The van der Waals surface area contributed by atoms with Gasteiger partial charge in [-0.1, -0.05) is 42.5 Å². The quantitative estimate of drug-likeness (QED) is 0.782. The molecule has 5 nitrogen and oxygen atoms in total. The molecule has 1 heterocycles. The summed E-state index contributed by atoms with van der Waals surface area (Å²) in [6, 6.07) is 16.0. The molecule has 2 aromatic carbocycles. The molecular formula is C20H26N2O3S. The largest absolute Gasteiger partial charge is 0.489 e. The van der Waals surface area contributed by atoms with Gasteiger partial charge in [-0.25, -0.2) is 13.1 Å². The molecule has 2 N–H and O–H groups in total. The van der Waals surface area contributed by atoms with Gasteiger partial charge in [0.2, 0.25) is 10.0 Å². The van der Waals surface area contributed by atoms with E-state index in [0.717, 1.165) is 42.8 Å². The highest BCUT2D eigenvalue weighted by molar-refractivity contribution is 7.88. The first-order chi connectivity index (χ1) is 12.4. The van der Waals surface area contributed by atoms with E-state index < -0.39 is 10.0 Å². The van der Waals surface area contributed by atoms with Crippen LogP contribution in [0.5, 0.6) is 5.75 Å². The van der Waals surface area contributed by atoms with Gasteiger partial charge in [0.1, 0.15) is 11.9 Å². The lowest BCUT2D eigenvalue weighted by Gasteiger charge is -2.26. The van der Waals surface area contributed by atoms with Crippen molar-refractivity contribution in [1.29, 1.82) is 0 Å². The Bertz CT molecular complexity index is 834. The molecular weight excluding hydrogens is 348 g/mol. The maximum atomic E-state index is 11.3. The van der Waals surface area contributed by atoms with Crippen LogP contribution in [0.3, 0.4) is 0 Å². The third-order valence-corrected chi connectivity index (χ3v) is 5.36. The molecule has 0 bridgehead atoms. The summed E-state index contributed by atoms with van der Waals surface area (Å²) in [5.74, 6) is 1.00. The highest BCUT2D eigenvalue weighted by atomic mass is 32.2. The number of ether oxygens (including phenoxy) is 1. The monoisotopic (exact) mass is 374 g/mol. The molecule has 0 spiro atoms. The van der Waals surface area contributed by atoms with E-state index in [-0.39, 0.29) is 12.1 Å². The number of para-hydroxylation sites is 1. The summed E-state index contributed by atoms with van der Waals surface area (Å²) < 4.78 is 31.3. The third-order valence-electron chi connectivity index (χ3n) is 4.57. The van der Waals surface area contributed by atoms with E-state index in [0.29, 0.717) is 0 Å². The Morgan fingerprint density at radius 1 is 1.15 bits per heavy atom. The number of hydrogen-bond acceptors (Lipinski definition) is 4. The summed E-state index contributed by atoms with van der Waals surface area (Å²) >= 11 is 0. The molecule has 1 aliphatic rings. The van der Waals surface area contributed by atoms with Gasteiger partial charge >= 0.3 is 0 Å². The van der Waals surface area contributed by atoms with E-state index in [2.05, 4.69) is 22.2 Å². The van der Waals surface area contributed by atoms with Crippen LogP contribution in [0.25, 0.3) is 0 Å². The summed E-state index contributed by atoms with van der Waals surface area (Å²) in [5.41, 5.74) is 3.40. The fourth-order valence-electron chi connectivity index (χ4n) is 3.21. The lowest BCUT2D eigenvalue weighted by Crippen LogP contribution is -2.33.